The van der Waals surface area contributed by atoms with Crippen molar-refractivity contribution < 1.29 is 39.0 Å². The first-order valence-corrected chi connectivity index (χ1v) is 15.6. The molecule has 3 heterocycles. The Balaban J connectivity index is 1.19. The number of nitrogens with zero attached hydrogens (tertiary/aromatic N) is 4. The van der Waals surface area contributed by atoms with E-state index in [4.69, 9.17) is 20.3 Å². The lowest BCUT2D eigenvalue weighted by Crippen LogP contribution is -2.33. The van der Waals surface area contributed by atoms with Gasteiger partial charge in [0.05, 0.1) is 37.2 Å². The number of carbonyl (C=O) groups is 4. The topological polar surface area (TPSA) is 199 Å². The van der Waals surface area contributed by atoms with Crippen LogP contribution >= 0.6 is 0 Å². The van der Waals surface area contributed by atoms with Crippen LogP contribution in [0.15, 0.2) is 36.4 Å². The molecule has 0 atom stereocenters. The maximum Gasteiger partial charge on any atom is 0.333 e. The third-order valence-corrected chi connectivity index (χ3v) is 7.85. The highest BCUT2D eigenvalue weighted by atomic mass is 16.7. The van der Waals surface area contributed by atoms with Gasteiger partial charge in [0, 0.05) is 43.2 Å². The van der Waals surface area contributed by atoms with Crippen LogP contribution in [0.3, 0.4) is 0 Å². The number of hydroxylamine groups is 2. The van der Waals surface area contributed by atoms with E-state index >= 15 is 0 Å². The number of phenolic OH excluding ortho intramolecular Hbond substituents is 2. The first-order valence-electron chi connectivity index (χ1n) is 15.6. The molecule has 0 radical (unpaired) electrons. The van der Waals surface area contributed by atoms with Crippen LogP contribution in [0.1, 0.15) is 62.4 Å². The van der Waals surface area contributed by atoms with E-state index in [2.05, 4.69) is 17.2 Å². The number of phenols is 2. The third kappa shape index (κ3) is 7.95. The smallest absolute Gasteiger partial charge is 0.333 e. The minimum Gasteiger partial charge on any atom is -0.508 e. The number of nitrogens with two attached hydrogens (primary N) is 1. The van der Waals surface area contributed by atoms with Crippen LogP contribution in [0.2, 0.25) is 0 Å². The van der Waals surface area contributed by atoms with E-state index in [0.29, 0.717) is 46.9 Å². The van der Waals surface area contributed by atoms with Crippen LogP contribution in [0.25, 0.3) is 21.9 Å². The molecule has 5 N–H and O–H groups in total. The summed E-state index contributed by atoms with van der Waals surface area (Å²) in [7, 11) is 0. The Labute approximate surface area is 270 Å². The molecule has 2 aromatic heterocycles. The second-order valence-electron chi connectivity index (χ2n) is 11.3. The number of hydrogen-bond donors (Lipinski definition) is 4. The number of rotatable bonds is 15. The minimum absolute atomic E-state index is 0.00291. The number of imide groups is 1. The number of fused-ring (bicyclic) bond motifs is 3. The number of imidazole rings is 1. The number of nitrogens with one attached hydrogen (secondary N) is 1. The van der Waals surface area contributed by atoms with Crippen molar-refractivity contribution in [3.8, 4) is 11.5 Å². The number of aromatic hydroxyl groups is 2. The van der Waals surface area contributed by atoms with Crippen molar-refractivity contribution in [3.05, 3.63) is 53.3 Å². The normalized spacial score (nSPS) is 13.2. The summed E-state index contributed by atoms with van der Waals surface area (Å²) in [6.07, 6.45) is 2.77. The number of hydrogen-bond acceptors (Lipinski definition) is 11. The number of aryl methyl sites for hydroxylation is 1. The summed E-state index contributed by atoms with van der Waals surface area (Å²) in [6.45, 7) is 3.26. The number of anilines is 1. The molecular weight excluding hydrogens is 608 g/mol. The highest BCUT2D eigenvalue weighted by molar-refractivity contribution is 6.07. The predicted molar refractivity (Wildman–Crippen MR) is 171 cm³/mol. The van der Waals surface area contributed by atoms with Gasteiger partial charge >= 0.3 is 5.97 Å². The lowest BCUT2D eigenvalue weighted by Gasteiger charge is -2.13. The summed E-state index contributed by atoms with van der Waals surface area (Å²) in [5, 5.41) is 24.6. The predicted octanol–water partition coefficient (Wildman–Crippen LogP) is 3.03. The Morgan fingerprint density at radius 1 is 1.00 bits per heavy atom. The molecule has 2 aromatic carbocycles. The Kier molecular flexibility index (Phi) is 10.5. The van der Waals surface area contributed by atoms with Crippen molar-refractivity contribution in [2.24, 2.45) is 0 Å². The molecule has 4 aromatic rings. The molecular formula is C33H38N6O8. The first kappa shape index (κ1) is 33.1. The quantitative estimate of drug-likeness (QED) is 0.0841. The van der Waals surface area contributed by atoms with E-state index < -0.39 is 17.8 Å². The monoisotopic (exact) mass is 646 g/mol. The van der Waals surface area contributed by atoms with E-state index in [1.807, 2.05) is 22.8 Å². The van der Waals surface area contributed by atoms with Gasteiger partial charge in [-0.25, -0.2) is 14.8 Å². The van der Waals surface area contributed by atoms with Crippen molar-refractivity contribution in [2.75, 3.05) is 25.5 Å². The van der Waals surface area contributed by atoms with E-state index in [1.54, 1.807) is 6.07 Å². The third-order valence-electron chi connectivity index (χ3n) is 7.85. The molecule has 47 heavy (non-hydrogen) atoms. The van der Waals surface area contributed by atoms with Gasteiger partial charge in [-0.1, -0.05) is 19.4 Å². The zero-order chi connectivity index (χ0) is 33.5. The fourth-order valence-electron chi connectivity index (χ4n) is 5.39. The second-order valence-corrected chi connectivity index (χ2v) is 11.3. The summed E-state index contributed by atoms with van der Waals surface area (Å²) in [5.74, 6) is -1.10. The number of amides is 3. The zero-order valence-corrected chi connectivity index (χ0v) is 26.2. The second kappa shape index (κ2) is 14.9. The summed E-state index contributed by atoms with van der Waals surface area (Å²) < 4.78 is 7.76. The molecule has 1 saturated heterocycles. The standard InChI is InChI=1S/C33H38N6O8/c1-2-3-4-26-37-31-32(38(26)19-21-18-22(40)6-8-25(21)41)23-17-20(5-7-24(23)36-33(31)34)13-15-46-16-14-35-27(42)9-12-30(45)47-39-28(43)10-11-29(39)44/h5-8,17-18,40-41H,2-4,9-16,19H2,1H3,(H2,34,36)(H,35,42). The van der Waals surface area contributed by atoms with Crippen LogP contribution in [0, 0.1) is 0 Å². The molecule has 248 valence electrons. The number of aromatic nitrogens is 3. The van der Waals surface area contributed by atoms with Gasteiger partial charge in [0.15, 0.2) is 5.82 Å². The fraction of sp³-hybridized carbons (Fsp3) is 0.394. The molecule has 0 bridgehead atoms. The molecule has 14 heteroatoms. The van der Waals surface area contributed by atoms with Crippen molar-refractivity contribution >= 4 is 51.4 Å². The fourth-order valence-corrected chi connectivity index (χ4v) is 5.39. The molecule has 0 aliphatic carbocycles. The Hall–Kier alpha value is -5.24. The molecule has 1 aliphatic rings. The van der Waals surface area contributed by atoms with Crippen LogP contribution in [-0.2, 0) is 48.1 Å². The summed E-state index contributed by atoms with van der Waals surface area (Å²) in [4.78, 5) is 61.2. The average molecular weight is 647 g/mol. The van der Waals surface area contributed by atoms with Crippen molar-refractivity contribution in [2.45, 2.75) is 64.8 Å². The van der Waals surface area contributed by atoms with E-state index in [-0.39, 0.29) is 62.8 Å². The van der Waals surface area contributed by atoms with Gasteiger partial charge in [-0.2, -0.15) is 0 Å². The molecule has 0 saturated carbocycles. The highest BCUT2D eigenvalue weighted by Crippen LogP contribution is 2.32. The number of benzene rings is 2. The number of nitrogen functional groups attached to an aromatic ring is 1. The molecule has 0 unspecified atom stereocenters. The van der Waals surface area contributed by atoms with Crippen LogP contribution < -0.4 is 11.1 Å². The van der Waals surface area contributed by atoms with Gasteiger partial charge in [0.25, 0.3) is 11.8 Å². The summed E-state index contributed by atoms with van der Waals surface area (Å²) in [6, 6.07) is 10.3. The maximum atomic E-state index is 12.1. The van der Waals surface area contributed by atoms with E-state index in [0.717, 1.165) is 35.1 Å². The Bertz CT molecular complexity index is 1800. The number of unbranched alkanes of at least 4 members (excludes halogenated alkanes) is 1. The summed E-state index contributed by atoms with van der Waals surface area (Å²) >= 11 is 0. The van der Waals surface area contributed by atoms with Gasteiger partial charge < -0.3 is 35.4 Å². The molecule has 5 rings (SSSR count). The number of carbonyl (C=O) groups excluding carboxylic acids is 4. The molecule has 1 fully saturated rings. The Morgan fingerprint density at radius 2 is 1.79 bits per heavy atom. The van der Waals surface area contributed by atoms with Crippen LogP contribution in [0.4, 0.5) is 5.82 Å². The highest BCUT2D eigenvalue weighted by Gasteiger charge is 2.32. The van der Waals surface area contributed by atoms with Crippen molar-refractivity contribution in [1.29, 1.82) is 0 Å². The Morgan fingerprint density at radius 3 is 2.55 bits per heavy atom. The first-order chi connectivity index (χ1) is 22.6. The van der Waals surface area contributed by atoms with Gasteiger partial charge in [0.2, 0.25) is 5.91 Å². The number of pyridine rings is 1. The lowest BCUT2D eigenvalue weighted by molar-refractivity contribution is -0.197. The largest absolute Gasteiger partial charge is 0.508 e. The van der Waals surface area contributed by atoms with Gasteiger partial charge in [-0.15, -0.1) is 5.06 Å². The number of ether oxygens (including phenoxy) is 1. The summed E-state index contributed by atoms with van der Waals surface area (Å²) in [5.41, 5.74) is 10.00. The van der Waals surface area contributed by atoms with Gasteiger partial charge in [0.1, 0.15) is 22.8 Å². The lowest BCUT2D eigenvalue weighted by atomic mass is 10.1. The molecule has 1 aliphatic heterocycles. The maximum absolute atomic E-state index is 12.1. The molecule has 0 spiro atoms. The minimum atomic E-state index is -0.830. The van der Waals surface area contributed by atoms with Crippen molar-refractivity contribution in [1.82, 2.24) is 24.9 Å². The average Bonchev–Trinajstić information content (AvgIpc) is 3.57. The molecule has 3 amide bonds. The van der Waals surface area contributed by atoms with E-state index in [9.17, 15) is 29.4 Å². The van der Waals surface area contributed by atoms with Gasteiger partial charge in [-0.3, -0.25) is 14.4 Å². The van der Waals surface area contributed by atoms with Gasteiger partial charge in [-0.05, 0) is 48.7 Å². The van der Waals surface area contributed by atoms with E-state index in [1.165, 1.54) is 12.1 Å². The zero-order valence-electron chi connectivity index (χ0n) is 26.2. The SMILES string of the molecule is CCCCc1nc2c(N)nc3ccc(CCOCCNC(=O)CCC(=O)ON4C(=O)CCC4=O)cc3c2n1Cc1cc(O)ccc1O. The van der Waals surface area contributed by atoms with Crippen LogP contribution in [-0.4, -0.2) is 73.3 Å². The molecule has 14 nitrogen and oxygen atoms in total. The van der Waals surface area contributed by atoms with Crippen molar-refractivity contribution in [3.63, 3.8) is 0 Å². The van der Waals surface area contributed by atoms with Crippen LogP contribution in [0.5, 0.6) is 11.5 Å².